The summed E-state index contributed by atoms with van der Waals surface area (Å²) in [5.41, 5.74) is 0.368. The van der Waals surface area contributed by atoms with Crippen LogP contribution in [-0.4, -0.2) is 14.7 Å². The predicted molar refractivity (Wildman–Crippen MR) is 77.0 cm³/mol. The van der Waals surface area contributed by atoms with Crippen molar-refractivity contribution in [3.8, 4) is 0 Å². The van der Waals surface area contributed by atoms with Gasteiger partial charge < -0.3 is 0 Å². The van der Waals surface area contributed by atoms with Crippen molar-refractivity contribution in [2.45, 2.75) is 4.90 Å². The summed E-state index contributed by atoms with van der Waals surface area (Å²) in [5.74, 6) is 0. The fourth-order valence-electron chi connectivity index (χ4n) is 1.27. The van der Waals surface area contributed by atoms with Gasteiger partial charge in [0.25, 0.3) is 0 Å². The zero-order chi connectivity index (χ0) is 13.3. The third-order valence-electron chi connectivity index (χ3n) is 2.04. The maximum atomic E-state index is 11.6. The van der Waals surface area contributed by atoms with Crippen LogP contribution in [0.2, 0.25) is 9.36 Å². The van der Waals surface area contributed by atoms with Gasteiger partial charge in [-0.15, -0.1) is 0 Å². The molecule has 96 valence electrons. The van der Waals surface area contributed by atoms with E-state index in [4.69, 9.17) is 23.2 Å². The molecule has 0 aliphatic carbocycles. The van der Waals surface area contributed by atoms with E-state index in [1.807, 2.05) is 0 Å². The Morgan fingerprint density at radius 3 is 2.39 bits per heavy atom. The van der Waals surface area contributed by atoms with Crippen LogP contribution in [0.3, 0.4) is 0 Å². The van der Waals surface area contributed by atoms with Crippen LogP contribution in [0, 0.1) is 0 Å². The fraction of sp³-hybridized carbons (Fsp3) is 0.100. The SMILES string of the molecule is CS(=O)(=O)c1ccccc1N=c1ssc(Cl)c1Cl. The predicted octanol–water partition coefficient (Wildman–Crippen LogP) is 3.75. The van der Waals surface area contributed by atoms with E-state index in [0.29, 0.717) is 19.7 Å². The minimum atomic E-state index is -3.32. The maximum Gasteiger partial charge on any atom is 0.177 e. The first-order valence-electron chi connectivity index (χ1n) is 4.67. The van der Waals surface area contributed by atoms with Crippen molar-refractivity contribution in [2.75, 3.05) is 6.26 Å². The highest BCUT2D eigenvalue weighted by Crippen LogP contribution is 2.29. The number of para-hydroxylation sites is 1. The maximum absolute atomic E-state index is 11.6. The lowest BCUT2D eigenvalue weighted by Crippen LogP contribution is -1.99. The lowest BCUT2D eigenvalue weighted by molar-refractivity contribution is 0.602. The van der Waals surface area contributed by atoms with Crippen LogP contribution in [0.5, 0.6) is 0 Å². The molecule has 3 nitrogen and oxygen atoms in total. The van der Waals surface area contributed by atoms with E-state index in [1.165, 1.54) is 26.7 Å². The van der Waals surface area contributed by atoms with Gasteiger partial charge in [-0.2, -0.15) is 0 Å². The van der Waals surface area contributed by atoms with Gasteiger partial charge in [-0.1, -0.05) is 56.0 Å². The van der Waals surface area contributed by atoms with Crippen molar-refractivity contribution in [1.29, 1.82) is 0 Å². The Hall–Kier alpha value is -0.400. The molecule has 0 unspecified atom stereocenters. The zero-order valence-corrected chi connectivity index (χ0v) is 13.0. The van der Waals surface area contributed by atoms with E-state index >= 15 is 0 Å². The molecule has 8 heteroatoms. The second-order valence-electron chi connectivity index (χ2n) is 3.41. The third-order valence-corrected chi connectivity index (χ3v) is 6.68. The van der Waals surface area contributed by atoms with E-state index in [-0.39, 0.29) is 4.90 Å². The summed E-state index contributed by atoms with van der Waals surface area (Å²) in [7, 11) is -0.719. The largest absolute Gasteiger partial charge is 0.234 e. The number of halogens is 2. The van der Waals surface area contributed by atoms with Crippen molar-refractivity contribution >= 4 is 59.4 Å². The molecule has 2 rings (SSSR count). The molecule has 0 aliphatic heterocycles. The molecule has 0 atom stereocenters. The fourth-order valence-corrected chi connectivity index (χ4v) is 4.84. The van der Waals surface area contributed by atoms with Gasteiger partial charge in [0.15, 0.2) is 9.84 Å². The summed E-state index contributed by atoms with van der Waals surface area (Å²) in [6, 6.07) is 6.52. The normalized spacial score (nSPS) is 12.9. The molecule has 1 heterocycles. The molecule has 0 saturated carbocycles. The van der Waals surface area contributed by atoms with Crippen LogP contribution in [0.4, 0.5) is 5.69 Å². The summed E-state index contributed by atoms with van der Waals surface area (Å²) in [6.07, 6.45) is 1.15. The monoisotopic (exact) mass is 339 g/mol. The average Bonchev–Trinajstić information content (AvgIpc) is 2.60. The van der Waals surface area contributed by atoms with E-state index < -0.39 is 9.84 Å². The smallest absolute Gasteiger partial charge is 0.177 e. The highest BCUT2D eigenvalue weighted by atomic mass is 35.5. The molecule has 2 aromatic rings. The highest BCUT2D eigenvalue weighted by molar-refractivity contribution is 7.90. The quantitative estimate of drug-likeness (QED) is 0.782. The van der Waals surface area contributed by atoms with Crippen LogP contribution >= 0.6 is 43.9 Å². The van der Waals surface area contributed by atoms with E-state index in [1.54, 1.807) is 18.2 Å². The molecule has 0 saturated heterocycles. The van der Waals surface area contributed by atoms with Gasteiger partial charge >= 0.3 is 0 Å². The highest BCUT2D eigenvalue weighted by Gasteiger charge is 2.12. The van der Waals surface area contributed by atoms with Gasteiger partial charge in [0.1, 0.15) is 14.0 Å². The molecule has 0 bridgehead atoms. The zero-order valence-electron chi connectivity index (χ0n) is 9.05. The van der Waals surface area contributed by atoms with Crippen LogP contribution < -0.4 is 4.67 Å². The Bertz CT molecular complexity index is 746. The molecule has 0 amide bonds. The summed E-state index contributed by atoms with van der Waals surface area (Å²) in [5, 5.41) is 0.356. The molecule has 1 aromatic carbocycles. The second-order valence-corrected chi connectivity index (χ2v) is 8.50. The van der Waals surface area contributed by atoms with Gasteiger partial charge in [0.2, 0.25) is 0 Å². The number of sulfone groups is 1. The first kappa shape index (κ1) is 14.0. The lowest BCUT2D eigenvalue weighted by Gasteiger charge is -2.01. The van der Waals surface area contributed by atoms with Gasteiger partial charge in [-0.3, -0.25) is 0 Å². The Balaban J connectivity index is 2.68. The number of benzene rings is 1. The van der Waals surface area contributed by atoms with E-state index in [0.717, 1.165) is 6.26 Å². The van der Waals surface area contributed by atoms with Gasteiger partial charge in [0, 0.05) is 6.26 Å². The number of hydrogen-bond donors (Lipinski definition) is 0. The summed E-state index contributed by atoms with van der Waals surface area (Å²) < 4.78 is 24.2. The second kappa shape index (κ2) is 5.30. The molecule has 0 N–H and O–H groups in total. The molecule has 18 heavy (non-hydrogen) atoms. The minimum absolute atomic E-state index is 0.176. The molecule has 0 spiro atoms. The van der Waals surface area contributed by atoms with Gasteiger partial charge in [-0.05, 0) is 12.1 Å². The summed E-state index contributed by atoms with van der Waals surface area (Å²) >= 11 is 11.8. The standard InChI is InChI=1S/C10H7Cl2NO2S3/c1-18(14,15)7-5-3-2-4-6(7)13-10-8(11)9(12)16-17-10/h2-5H,1H3. The molecule has 1 aromatic heterocycles. The first-order chi connectivity index (χ1) is 8.39. The van der Waals surface area contributed by atoms with Crippen molar-refractivity contribution in [2.24, 2.45) is 4.99 Å². The van der Waals surface area contributed by atoms with Gasteiger partial charge in [-0.25, -0.2) is 13.4 Å². The van der Waals surface area contributed by atoms with Gasteiger partial charge in [0.05, 0.1) is 10.6 Å². The van der Waals surface area contributed by atoms with Crippen molar-refractivity contribution in [3.63, 3.8) is 0 Å². The van der Waals surface area contributed by atoms with Crippen LogP contribution in [0.15, 0.2) is 34.2 Å². The summed E-state index contributed by atoms with van der Waals surface area (Å²) in [4.78, 5) is 4.44. The Kier molecular flexibility index (Phi) is 4.13. The van der Waals surface area contributed by atoms with Crippen molar-refractivity contribution in [1.82, 2.24) is 0 Å². The lowest BCUT2D eigenvalue weighted by atomic mass is 10.3. The van der Waals surface area contributed by atoms with E-state index in [2.05, 4.69) is 4.99 Å². The molecular formula is C10H7Cl2NO2S3. The Morgan fingerprint density at radius 1 is 1.17 bits per heavy atom. The molecular weight excluding hydrogens is 333 g/mol. The molecule has 0 radical (unpaired) electrons. The topological polar surface area (TPSA) is 46.5 Å². The van der Waals surface area contributed by atoms with Crippen LogP contribution in [0.1, 0.15) is 0 Å². The minimum Gasteiger partial charge on any atom is -0.234 e. The van der Waals surface area contributed by atoms with Crippen LogP contribution in [-0.2, 0) is 9.84 Å². The van der Waals surface area contributed by atoms with Crippen molar-refractivity contribution in [3.05, 3.63) is 38.3 Å². The van der Waals surface area contributed by atoms with Crippen molar-refractivity contribution < 1.29 is 8.42 Å². The summed E-state index contributed by atoms with van der Waals surface area (Å²) in [6.45, 7) is 0. The number of rotatable bonds is 2. The number of hydrogen-bond acceptors (Lipinski definition) is 5. The molecule has 0 aliphatic rings. The third kappa shape index (κ3) is 2.95. The number of nitrogens with zero attached hydrogens (tertiary/aromatic N) is 1. The average molecular weight is 340 g/mol. The van der Waals surface area contributed by atoms with Crippen LogP contribution in [0.25, 0.3) is 0 Å². The molecule has 0 fully saturated rings. The first-order valence-corrected chi connectivity index (χ1v) is 9.47. The Morgan fingerprint density at radius 2 is 1.83 bits per heavy atom. The van der Waals surface area contributed by atoms with E-state index in [9.17, 15) is 8.42 Å². The Labute approximate surface area is 122 Å².